The van der Waals surface area contributed by atoms with Gasteiger partial charge in [0, 0.05) is 18.2 Å². The Kier molecular flexibility index (Phi) is 4.97. The predicted octanol–water partition coefficient (Wildman–Crippen LogP) is 3.51. The molecule has 21 heavy (non-hydrogen) atoms. The molecule has 3 nitrogen and oxygen atoms in total. The Bertz CT molecular complexity index is 656. The molecule has 2 N–H and O–H groups in total. The summed E-state index contributed by atoms with van der Waals surface area (Å²) in [6, 6.07) is 12.4. The summed E-state index contributed by atoms with van der Waals surface area (Å²) in [5, 5.41) is 0. The van der Waals surface area contributed by atoms with Gasteiger partial charge in [-0.25, -0.2) is 0 Å². The summed E-state index contributed by atoms with van der Waals surface area (Å²) in [5.74, 6) is 0. The molecule has 1 atom stereocenters. The molecule has 0 spiro atoms. The van der Waals surface area contributed by atoms with E-state index in [1.807, 2.05) is 16.7 Å². The molecular weight excluding hydrogens is 260 g/mol. The summed E-state index contributed by atoms with van der Waals surface area (Å²) >= 11 is 0. The fourth-order valence-corrected chi connectivity index (χ4v) is 2.52. The lowest BCUT2D eigenvalue weighted by Gasteiger charge is -2.20. The monoisotopic (exact) mass is 284 g/mol. The maximum atomic E-state index is 12.6. The molecule has 0 aliphatic carbocycles. The van der Waals surface area contributed by atoms with Gasteiger partial charge in [0.15, 0.2) is 0 Å². The Balaban J connectivity index is 2.61. The number of rotatable bonds is 5. The van der Waals surface area contributed by atoms with E-state index in [-0.39, 0.29) is 18.1 Å². The lowest BCUT2D eigenvalue weighted by atomic mass is 10.0. The van der Waals surface area contributed by atoms with Crippen LogP contribution in [-0.2, 0) is 13.0 Å². The van der Waals surface area contributed by atoms with Crippen molar-refractivity contribution >= 4 is 0 Å². The van der Waals surface area contributed by atoms with Crippen LogP contribution in [0.5, 0.6) is 0 Å². The third kappa shape index (κ3) is 3.08. The van der Waals surface area contributed by atoms with E-state index in [9.17, 15) is 4.79 Å². The topological polar surface area (TPSA) is 48.0 Å². The quantitative estimate of drug-likeness (QED) is 0.913. The molecule has 0 fully saturated rings. The van der Waals surface area contributed by atoms with E-state index < -0.39 is 0 Å². The SMILES string of the molecule is CCc1ccc(-c2ccc(CN)c(=O)n2C(C)CC)cc1. The maximum absolute atomic E-state index is 12.6. The lowest BCUT2D eigenvalue weighted by Crippen LogP contribution is -2.28. The van der Waals surface area contributed by atoms with Crippen LogP contribution in [0.4, 0.5) is 0 Å². The smallest absolute Gasteiger partial charge is 0.255 e. The third-order valence-electron chi connectivity index (χ3n) is 4.10. The van der Waals surface area contributed by atoms with Crippen LogP contribution in [0.15, 0.2) is 41.2 Å². The number of pyridine rings is 1. The molecule has 1 unspecified atom stereocenters. The van der Waals surface area contributed by atoms with Crippen LogP contribution in [0, 0.1) is 0 Å². The number of nitrogens with zero attached hydrogens (tertiary/aromatic N) is 1. The van der Waals surface area contributed by atoms with Gasteiger partial charge in [0.1, 0.15) is 0 Å². The molecule has 0 radical (unpaired) electrons. The van der Waals surface area contributed by atoms with E-state index in [1.54, 1.807) is 0 Å². The summed E-state index contributed by atoms with van der Waals surface area (Å²) in [4.78, 5) is 12.6. The first-order chi connectivity index (χ1) is 10.1. The van der Waals surface area contributed by atoms with E-state index in [4.69, 9.17) is 5.73 Å². The van der Waals surface area contributed by atoms with Crippen molar-refractivity contribution in [2.24, 2.45) is 5.73 Å². The second-order valence-corrected chi connectivity index (χ2v) is 5.43. The number of nitrogens with two attached hydrogens (primary N) is 1. The van der Waals surface area contributed by atoms with E-state index in [1.165, 1.54) is 5.56 Å². The van der Waals surface area contributed by atoms with Crippen LogP contribution in [0.1, 0.15) is 44.4 Å². The van der Waals surface area contributed by atoms with Crippen LogP contribution in [0.2, 0.25) is 0 Å². The summed E-state index contributed by atoms with van der Waals surface area (Å²) < 4.78 is 1.88. The summed E-state index contributed by atoms with van der Waals surface area (Å²) in [6.45, 7) is 6.59. The molecule has 2 rings (SSSR count). The van der Waals surface area contributed by atoms with Crippen molar-refractivity contribution in [2.45, 2.75) is 46.2 Å². The van der Waals surface area contributed by atoms with Gasteiger partial charge in [-0.05, 0) is 37.0 Å². The fraction of sp³-hybridized carbons (Fsp3) is 0.389. The minimum Gasteiger partial charge on any atom is -0.326 e. The molecule has 3 heteroatoms. The largest absolute Gasteiger partial charge is 0.326 e. The van der Waals surface area contributed by atoms with Gasteiger partial charge in [0.25, 0.3) is 5.56 Å². The highest BCUT2D eigenvalue weighted by molar-refractivity contribution is 5.60. The summed E-state index contributed by atoms with van der Waals surface area (Å²) in [6.07, 6.45) is 1.93. The zero-order valence-corrected chi connectivity index (χ0v) is 13.1. The van der Waals surface area contributed by atoms with Crippen LogP contribution >= 0.6 is 0 Å². The van der Waals surface area contributed by atoms with Gasteiger partial charge in [-0.3, -0.25) is 4.79 Å². The van der Waals surface area contributed by atoms with E-state index in [0.29, 0.717) is 5.56 Å². The van der Waals surface area contributed by atoms with Crippen molar-refractivity contribution in [3.05, 3.63) is 57.9 Å². The minimum atomic E-state index is 0.0314. The van der Waals surface area contributed by atoms with Crippen molar-refractivity contribution < 1.29 is 0 Å². The summed E-state index contributed by atoms with van der Waals surface area (Å²) in [7, 11) is 0. The number of benzene rings is 1. The zero-order valence-electron chi connectivity index (χ0n) is 13.1. The number of aryl methyl sites for hydroxylation is 1. The second kappa shape index (κ2) is 6.72. The predicted molar refractivity (Wildman–Crippen MR) is 88.4 cm³/mol. The molecule has 0 bridgehead atoms. The standard InChI is InChI=1S/C18H24N2O/c1-4-13(3)20-17(11-10-16(12-19)18(20)21)15-8-6-14(5-2)7-9-15/h6-11,13H,4-5,12,19H2,1-3H3. The molecule has 2 aromatic rings. The van der Waals surface area contributed by atoms with Crippen LogP contribution in [0.25, 0.3) is 11.3 Å². The summed E-state index contributed by atoms with van der Waals surface area (Å²) in [5.41, 5.74) is 9.72. The molecular formula is C18H24N2O. The number of hydrogen-bond donors (Lipinski definition) is 1. The van der Waals surface area contributed by atoms with Crippen molar-refractivity contribution in [2.75, 3.05) is 0 Å². The fourth-order valence-electron chi connectivity index (χ4n) is 2.52. The Labute approximate surface area is 126 Å². The molecule has 0 aliphatic heterocycles. The first-order valence-electron chi connectivity index (χ1n) is 7.66. The molecule has 1 aromatic heterocycles. The van der Waals surface area contributed by atoms with Crippen LogP contribution in [-0.4, -0.2) is 4.57 Å². The average molecular weight is 284 g/mol. The Morgan fingerprint density at radius 1 is 1.10 bits per heavy atom. The van der Waals surface area contributed by atoms with Crippen molar-refractivity contribution in [3.63, 3.8) is 0 Å². The Morgan fingerprint density at radius 2 is 1.76 bits per heavy atom. The van der Waals surface area contributed by atoms with Crippen LogP contribution < -0.4 is 11.3 Å². The Morgan fingerprint density at radius 3 is 2.29 bits per heavy atom. The number of hydrogen-bond acceptors (Lipinski definition) is 2. The van der Waals surface area contributed by atoms with Crippen molar-refractivity contribution in [1.82, 2.24) is 4.57 Å². The van der Waals surface area contributed by atoms with Gasteiger partial charge in [-0.2, -0.15) is 0 Å². The normalized spacial score (nSPS) is 12.4. The molecule has 0 amide bonds. The lowest BCUT2D eigenvalue weighted by molar-refractivity contribution is 0.516. The zero-order chi connectivity index (χ0) is 15.4. The highest BCUT2D eigenvalue weighted by Gasteiger charge is 2.14. The van der Waals surface area contributed by atoms with E-state index >= 15 is 0 Å². The second-order valence-electron chi connectivity index (χ2n) is 5.43. The number of aromatic nitrogens is 1. The van der Waals surface area contributed by atoms with E-state index in [2.05, 4.69) is 45.0 Å². The third-order valence-corrected chi connectivity index (χ3v) is 4.10. The molecule has 1 heterocycles. The van der Waals surface area contributed by atoms with Gasteiger partial charge in [-0.15, -0.1) is 0 Å². The van der Waals surface area contributed by atoms with Gasteiger partial charge in [-0.1, -0.05) is 44.2 Å². The average Bonchev–Trinajstić information content (AvgIpc) is 2.54. The van der Waals surface area contributed by atoms with Gasteiger partial charge in [0.2, 0.25) is 0 Å². The highest BCUT2D eigenvalue weighted by atomic mass is 16.1. The highest BCUT2D eigenvalue weighted by Crippen LogP contribution is 2.23. The van der Waals surface area contributed by atoms with Gasteiger partial charge >= 0.3 is 0 Å². The minimum absolute atomic E-state index is 0.0314. The van der Waals surface area contributed by atoms with Crippen molar-refractivity contribution in [1.29, 1.82) is 0 Å². The first kappa shape index (κ1) is 15.5. The van der Waals surface area contributed by atoms with Gasteiger partial charge in [0.05, 0.1) is 5.69 Å². The Hall–Kier alpha value is -1.87. The maximum Gasteiger partial charge on any atom is 0.255 e. The molecule has 1 aromatic carbocycles. The van der Waals surface area contributed by atoms with Gasteiger partial charge < -0.3 is 10.3 Å². The van der Waals surface area contributed by atoms with Crippen molar-refractivity contribution in [3.8, 4) is 11.3 Å². The molecule has 0 saturated heterocycles. The first-order valence-corrected chi connectivity index (χ1v) is 7.66. The molecule has 0 aliphatic rings. The molecule has 112 valence electrons. The van der Waals surface area contributed by atoms with E-state index in [0.717, 1.165) is 24.1 Å². The van der Waals surface area contributed by atoms with Crippen LogP contribution in [0.3, 0.4) is 0 Å². The molecule has 0 saturated carbocycles.